The zero-order chi connectivity index (χ0) is 19.0. The van der Waals surface area contributed by atoms with Crippen LogP contribution in [0.2, 0.25) is 5.02 Å². The van der Waals surface area contributed by atoms with Crippen LogP contribution in [0.3, 0.4) is 0 Å². The van der Waals surface area contributed by atoms with Crippen LogP contribution in [0.4, 0.5) is 11.4 Å². The number of halogens is 1. The number of carboxylic acids is 1. The lowest BCUT2D eigenvalue weighted by Gasteiger charge is -2.17. The molecule has 1 aliphatic heterocycles. The Balaban J connectivity index is 1.87. The molecule has 1 unspecified atom stereocenters. The van der Waals surface area contributed by atoms with E-state index >= 15 is 0 Å². The molecule has 1 aliphatic rings. The molecular weight excluding hydrogens is 364 g/mol. The van der Waals surface area contributed by atoms with Crippen LogP contribution in [0.1, 0.15) is 16.8 Å². The van der Waals surface area contributed by atoms with Crippen molar-refractivity contribution >= 4 is 40.8 Å². The number of anilines is 2. The molecule has 1 fully saturated rings. The summed E-state index contributed by atoms with van der Waals surface area (Å²) >= 11 is 5.76. The number of amides is 2. The van der Waals surface area contributed by atoms with Gasteiger partial charge in [-0.1, -0.05) is 11.6 Å². The van der Waals surface area contributed by atoms with Crippen LogP contribution < -0.4 is 10.2 Å². The SMILES string of the molecule is O=C(O)c1cc(N2C(=O)CC(Nc3ccc(Cl)cc3O)C2=O)ccc1O. The molecule has 1 atom stereocenters. The molecule has 1 heterocycles. The maximum Gasteiger partial charge on any atom is 0.339 e. The fourth-order valence-corrected chi connectivity index (χ4v) is 2.83. The number of carboxylic acid groups (broad SMARTS) is 1. The molecule has 2 aromatic carbocycles. The Labute approximate surface area is 152 Å². The van der Waals surface area contributed by atoms with Gasteiger partial charge >= 0.3 is 5.97 Å². The lowest BCUT2D eigenvalue weighted by molar-refractivity contribution is -0.121. The lowest BCUT2D eigenvalue weighted by Crippen LogP contribution is -2.34. The van der Waals surface area contributed by atoms with E-state index in [-0.39, 0.29) is 23.5 Å². The molecule has 2 aromatic rings. The molecule has 0 saturated carbocycles. The van der Waals surface area contributed by atoms with E-state index in [4.69, 9.17) is 16.7 Å². The maximum absolute atomic E-state index is 12.6. The number of hydrogen-bond donors (Lipinski definition) is 4. The Morgan fingerprint density at radius 3 is 2.50 bits per heavy atom. The third kappa shape index (κ3) is 3.14. The summed E-state index contributed by atoms with van der Waals surface area (Å²) in [6.45, 7) is 0. The highest BCUT2D eigenvalue weighted by Crippen LogP contribution is 2.32. The quantitative estimate of drug-likeness (QED) is 0.475. The van der Waals surface area contributed by atoms with Crippen molar-refractivity contribution in [3.63, 3.8) is 0 Å². The third-order valence-corrected chi connectivity index (χ3v) is 4.14. The van der Waals surface area contributed by atoms with Crippen molar-refractivity contribution < 1.29 is 29.7 Å². The molecule has 4 N–H and O–H groups in total. The first-order valence-electron chi connectivity index (χ1n) is 7.46. The van der Waals surface area contributed by atoms with E-state index in [0.29, 0.717) is 5.02 Å². The lowest BCUT2D eigenvalue weighted by atomic mass is 10.1. The number of benzene rings is 2. The van der Waals surface area contributed by atoms with Crippen molar-refractivity contribution in [1.29, 1.82) is 0 Å². The summed E-state index contributed by atoms with van der Waals surface area (Å²) in [6.07, 6.45) is -0.176. The van der Waals surface area contributed by atoms with Gasteiger partial charge in [0, 0.05) is 11.1 Å². The van der Waals surface area contributed by atoms with Gasteiger partial charge in [-0.15, -0.1) is 0 Å². The monoisotopic (exact) mass is 376 g/mol. The van der Waals surface area contributed by atoms with Crippen LogP contribution in [0.5, 0.6) is 11.5 Å². The second kappa shape index (κ2) is 6.57. The number of nitrogens with zero attached hydrogens (tertiary/aromatic N) is 1. The number of carbonyl (C=O) groups excluding carboxylic acids is 2. The average molecular weight is 377 g/mol. The van der Waals surface area contributed by atoms with Gasteiger partial charge in [-0.2, -0.15) is 0 Å². The molecule has 0 aliphatic carbocycles. The van der Waals surface area contributed by atoms with Gasteiger partial charge in [0.05, 0.1) is 17.8 Å². The highest BCUT2D eigenvalue weighted by molar-refractivity contribution is 6.30. The molecule has 134 valence electrons. The molecule has 0 aromatic heterocycles. The summed E-state index contributed by atoms with van der Waals surface area (Å²) < 4.78 is 0. The topological polar surface area (TPSA) is 127 Å². The second-order valence-electron chi connectivity index (χ2n) is 5.64. The summed E-state index contributed by atoms with van der Waals surface area (Å²) in [5.41, 5.74) is -0.144. The fraction of sp³-hybridized carbons (Fsp3) is 0.118. The number of phenolic OH excluding ortho intramolecular Hbond substituents is 1. The van der Waals surface area contributed by atoms with Crippen LogP contribution >= 0.6 is 11.6 Å². The first-order chi connectivity index (χ1) is 12.3. The van der Waals surface area contributed by atoms with Crippen molar-refractivity contribution in [3.05, 3.63) is 47.0 Å². The van der Waals surface area contributed by atoms with Gasteiger partial charge in [-0.3, -0.25) is 9.59 Å². The zero-order valence-electron chi connectivity index (χ0n) is 13.1. The average Bonchev–Trinajstić information content (AvgIpc) is 2.84. The van der Waals surface area contributed by atoms with Crippen molar-refractivity contribution in [1.82, 2.24) is 0 Å². The Morgan fingerprint density at radius 1 is 1.12 bits per heavy atom. The van der Waals surface area contributed by atoms with E-state index in [2.05, 4.69) is 5.32 Å². The maximum atomic E-state index is 12.6. The number of hydrogen-bond acceptors (Lipinski definition) is 6. The summed E-state index contributed by atoms with van der Waals surface area (Å²) in [4.78, 5) is 36.8. The fourth-order valence-electron chi connectivity index (χ4n) is 2.66. The minimum Gasteiger partial charge on any atom is -0.507 e. The highest BCUT2D eigenvalue weighted by Gasteiger charge is 2.40. The number of aromatic carboxylic acids is 1. The van der Waals surface area contributed by atoms with E-state index in [0.717, 1.165) is 17.0 Å². The smallest absolute Gasteiger partial charge is 0.339 e. The Morgan fingerprint density at radius 2 is 1.85 bits per heavy atom. The second-order valence-corrected chi connectivity index (χ2v) is 6.07. The molecular formula is C17H13ClN2O6. The van der Waals surface area contributed by atoms with Crippen molar-refractivity contribution in [2.24, 2.45) is 0 Å². The first-order valence-corrected chi connectivity index (χ1v) is 7.84. The minimum absolute atomic E-state index is 0.0415. The summed E-state index contributed by atoms with van der Waals surface area (Å²) in [5, 5.41) is 31.6. The van der Waals surface area contributed by atoms with E-state index in [9.17, 15) is 24.6 Å². The molecule has 26 heavy (non-hydrogen) atoms. The van der Waals surface area contributed by atoms with Crippen LogP contribution in [0, 0.1) is 0 Å². The molecule has 9 heteroatoms. The van der Waals surface area contributed by atoms with Gasteiger partial charge in [-0.25, -0.2) is 9.69 Å². The van der Waals surface area contributed by atoms with E-state index < -0.39 is 35.1 Å². The van der Waals surface area contributed by atoms with E-state index in [1.54, 1.807) is 0 Å². The number of nitrogens with one attached hydrogen (secondary N) is 1. The van der Waals surface area contributed by atoms with E-state index in [1.807, 2.05) is 0 Å². The molecule has 0 spiro atoms. The predicted molar refractivity (Wildman–Crippen MR) is 92.7 cm³/mol. The number of carbonyl (C=O) groups is 3. The summed E-state index contributed by atoms with van der Waals surface area (Å²) in [7, 11) is 0. The number of rotatable bonds is 4. The van der Waals surface area contributed by atoms with Crippen LogP contribution in [-0.4, -0.2) is 39.1 Å². The van der Waals surface area contributed by atoms with Crippen molar-refractivity contribution in [3.8, 4) is 11.5 Å². The van der Waals surface area contributed by atoms with Crippen LogP contribution in [0.25, 0.3) is 0 Å². The van der Waals surface area contributed by atoms with E-state index in [1.165, 1.54) is 24.3 Å². The molecule has 0 radical (unpaired) electrons. The molecule has 0 bridgehead atoms. The van der Waals surface area contributed by atoms with Gasteiger partial charge in [0.15, 0.2) is 0 Å². The van der Waals surface area contributed by atoms with Gasteiger partial charge in [0.2, 0.25) is 5.91 Å². The normalized spacial score (nSPS) is 16.8. The van der Waals surface area contributed by atoms with Gasteiger partial charge in [-0.05, 0) is 30.3 Å². The number of aromatic hydroxyl groups is 2. The van der Waals surface area contributed by atoms with Crippen molar-refractivity contribution in [2.75, 3.05) is 10.2 Å². The zero-order valence-corrected chi connectivity index (χ0v) is 13.9. The number of imide groups is 1. The number of phenols is 2. The third-order valence-electron chi connectivity index (χ3n) is 3.90. The Hall–Kier alpha value is -3.26. The van der Waals surface area contributed by atoms with Crippen LogP contribution in [0.15, 0.2) is 36.4 Å². The summed E-state index contributed by atoms with van der Waals surface area (Å²) in [5.74, 6) is -3.17. The first kappa shape index (κ1) is 17.6. The molecule has 1 saturated heterocycles. The molecule has 2 amide bonds. The highest BCUT2D eigenvalue weighted by atomic mass is 35.5. The Bertz CT molecular complexity index is 929. The minimum atomic E-state index is -1.38. The molecule has 3 rings (SSSR count). The standard InChI is InChI=1S/C17H13ClN2O6/c18-8-1-3-11(14(22)5-8)19-12-7-15(23)20(16(12)24)9-2-4-13(21)10(6-9)17(25)26/h1-6,12,19,21-22H,7H2,(H,25,26). The van der Waals surface area contributed by atoms with Gasteiger partial charge < -0.3 is 20.6 Å². The Kier molecular flexibility index (Phi) is 4.43. The molecule has 8 nitrogen and oxygen atoms in total. The largest absolute Gasteiger partial charge is 0.507 e. The van der Waals surface area contributed by atoms with Gasteiger partial charge in [0.25, 0.3) is 5.91 Å². The van der Waals surface area contributed by atoms with Gasteiger partial charge in [0.1, 0.15) is 23.1 Å². The van der Waals surface area contributed by atoms with Crippen molar-refractivity contribution in [2.45, 2.75) is 12.5 Å². The van der Waals surface area contributed by atoms with Crippen LogP contribution in [-0.2, 0) is 9.59 Å². The summed E-state index contributed by atoms with van der Waals surface area (Å²) in [6, 6.07) is 6.78. The predicted octanol–water partition coefficient (Wildman–Crippen LogP) is 2.19.